The Bertz CT molecular complexity index is 284. The van der Waals surface area contributed by atoms with Crippen LogP contribution in [-0.2, 0) is 14.3 Å². The van der Waals surface area contributed by atoms with Crippen LogP contribution in [0.1, 0.15) is 12.8 Å². The molecule has 15 heavy (non-hydrogen) atoms. The first kappa shape index (κ1) is 10.6. The molecule has 2 rings (SSSR count). The number of aliphatic hydroxyl groups is 1. The summed E-state index contributed by atoms with van der Waals surface area (Å²) in [6.45, 7) is 0.355. The fraction of sp³-hybridized carbons (Fsp3) is 0.727. The number of fused-ring (bicyclic) bond motifs is 1. The summed E-state index contributed by atoms with van der Waals surface area (Å²) >= 11 is 0. The minimum absolute atomic E-state index is 0.00926. The van der Waals surface area contributed by atoms with E-state index in [0.29, 0.717) is 18.4 Å². The van der Waals surface area contributed by atoms with Gasteiger partial charge in [-0.1, -0.05) is 0 Å². The first-order valence-corrected chi connectivity index (χ1v) is 5.27. The molecule has 1 saturated carbocycles. The third kappa shape index (κ3) is 2.21. The van der Waals surface area contributed by atoms with Crippen molar-refractivity contribution in [3.8, 4) is 0 Å². The molecule has 2 aliphatic carbocycles. The predicted molar refractivity (Wildman–Crippen MR) is 53.1 cm³/mol. The van der Waals surface area contributed by atoms with E-state index in [-0.39, 0.29) is 18.7 Å². The van der Waals surface area contributed by atoms with Gasteiger partial charge in [-0.15, -0.1) is 0 Å². The van der Waals surface area contributed by atoms with Gasteiger partial charge in [-0.25, -0.2) is 4.79 Å². The monoisotopic (exact) mass is 212 g/mol. The molecule has 4 heteroatoms. The van der Waals surface area contributed by atoms with Crippen LogP contribution in [-0.4, -0.2) is 37.5 Å². The zero-order valence-electron chi connectivity index (χ0n) is 8.81. The van der Waals surface area contributed by atoms with Gasteiger partial charge in [0.2, 0.25) is 0 Å². The van der Waals surface area contributed by atoms with E-state index in [1.54, 1.807) is 0 Å². The molecular formula is C11H16O4. The first-order chi connectivity index (χ1) is 7.26. The second kappa shape index (κ2) is 4.33. The molecule has 0 aromatic heterocycles. The normalized spacial score (nSPS) is 32.9. The summed E-state index contributed by atoms with van der Waals surface area (Å²) in [6.07, 6.45) is 3.78. The van der Waals surface area contributed by atoms with E-state index in [1.807, 2.05) is 6.08 Å². The number of rotatable bonds is 4. The zero-order chi connectivity index (χ0) is 10.8. The van der Waals surface area contributed by atoms with E-state index in [0.717, 1.165) is 18.4 Å². The van der Waals surface area contributed by atoms with Crippen molar-refractivity contribution in [3.63, 3.8) is 0 Å². The highest BCUT2D eigenvalue weighted by Gasteiger charge is 2.47. The second-order valence-electron chi connectivity index (χ2n) is 4.11. The summed E-state index contributed by atoms with van der Waals surface area (Å²) in [5.74, 6) is 0.871. The van der Waals surface area contributed by atoms with Gasteiger partial charge in [0.25, 0.3) is 0 Å². The molecule has 2 aliphatic rings. The first-order valence-electron chi connectivity index (χ1n) is 5.27. The molecule has 0 radical (unpaired) electrons. The molecule has 0 spiro atoms. The van der Waals surface area contributed by atoms with Crippen molar-refractivity contribution in [2.75, 3.05) is 20.3 Å². The second-order valence-corrected chi connectivity index (χ2v) is 4.11. The molecule has 0 bridgehead atoms. The summed E-state index contributed by atoms with van der Waals surface area (Å²) in [5, 5.41) is 8.68. The van der Waals surface area contributed by atoms with Crippen LogP contribution >= 0.6 is 0 Å². The van der Waals surface area contributed by atoms with Crippen LogP contribution in [0.3, 0.4) is 0 Å². The lowest BCUT2D eigenvalue weighted by Crippen LogP contribution is -2.22. The lowest BCUT2D eigenvalue weighted by Gasteiger charge is -2.19. The number of carbonyl (C=O) groups is 1. The van der Waals surface area contributed by atoms with E-state index in [4.69, 9.17) is 14.6 Å². The largest absolute Gasteiger partial charge is 0.466 e. The van der Waals surface area contributed by atoms with Gasteiger partial charge in [-0.05, 0) is 30.8 Å². The summed E-state index contributed by atoms with van der Waals surface area (Å²) in [7, 11) is 1.39. The number of hydrogen-bond acceptors (Lipinski definition) is 4. The Morgan fingerprint density at radius 1 is 1.67 bits per heavy atom. The molecule has 0 saturated heterocycles. The standard InChI is InChI=1S/C11H16O4/c1-14-11(13)8-4-7-5-9(7)10(6-8)15-3-2-12/h6-7,9-10,12H,2-5H2,1H3/t7-,9+,10?/m0/s1. The zero-order valence-corrected chi connectivity index (χ0v) is 8.81. The SMILES string of the molecule is COC(=O)C1=CC(OCCO)[C@@H]2C[C@@H]2C1. The van der Waals surface area contributed by atoms with E-state index >= 15 is 0 Å². The van der Waals surface area contributed by atoms with Crippen molar-refractivity contribution in [2.45, 2.75) is 18.9 Å². The Morgan fingerprint density at radius 3 is 3.13 bits per heavy atom. The third-order valence-corrected chi connectivity index (χ3v) is 3.10. The molecule has 0 aromatic rings. The molecule has 4 nitrogen and oxygen atoms in total. The molecular weight excluding hydrogens is 196 g/mol. The minimum atomic E-state index is -0.252. The number of carbonyl (C=O) groups excluding carboxylic acids is 1. The van der Waals surface area contributed by atoms with Crippen LogP contribution in [0.4, 0.5) is 0 Å². The van der Waals surface area contributed by atoms with Crippen LogP contribution in [0.25, 0.3) is 0 Å². The highest BCUT2D eigenvalue weighted by molar-refractivity contribution is 5.88. The molecule has 0 heterocycles. The van der Waals surface area contributed by atoms with E-state index in [9.17, 15) is 4.79 Å². The smallest absolute Gasteiger partial charge is 0.333 e. The van der Waals surface area contributed by atoms with Crippen molar-refractivity contribution < 1.29 is 19.4 Å². The fourth-order valence-corrected chi connectivity index (χ4v) is 2.22. The van der Waals surface area contributed by atoms with Crippen LogP contribution < -0.4 is 0 Å². The quantitative estimate of drug-likeness (QED) is 0.690. The van der Waals surface area contributed by atoms with Crippen LogP contribution in [0.5, 0.6) is 0 Å². The van der Waals surface area contributed by atoms with Gasteiger partial charge in [0.05, 0.1) is 26.4 Å². The Balaban J connectivity index is 2.00. The topological polar surface area (TPSA) is 55.8 Å². The average molecular weight is 212 g/mol. The van der Waals surface area contributed by atoms with Crippen molar-refractivity contribution in [2.24, 2.45) is 11.8 Å². The van der Waals surface area contributed by atoms with Gasteiger partial charge in [0.15, 0.2) is 0 Å². The number of aliphatic hydroxyl groups excluding tert-OH is 1. The Hall–Kier alpha value is -0.870. The van der Waals surface area contributed by atoms with Crippen molar-refractivity contribution in [3.05, 3.63) is 11.6 Å². The molecule has 1 N–H and O–H groups in total. The highest BCUT2D eigenvalue weighted by atomic mass is 16.5. The summed E-state index contributed by atoms with van der Waals surface area (Å²) in [5.41, 5.74) is 0.721. The van der Waals surface area contributed by atoms with E-state index in [1.165, 1.54) is 7.11 Å². The summed E-state index contributed by atoms with van der Waals surface area (Å²) in [6, 6.07) is 0. The lowest BCUT2D eigenvalue weighted by atomic mass is 9.97. The number of ether oxygens (including phenoxy) is 2. The van der Waals surface area contributed by atoms with Gasteiger partial charge in [-0.2, -0.15) is 0 Å². The molecule has 84 valence electrons. The minimum Gasteiger partial charge on any atom is -0.466 e. The Morgan fingerprint density at radius 2 is 2.47 bits per heavy atom. The lowest BCUT2D eigenvalue weighted by molar-refractivity contribution is -0.136. The van der Waals surface area contributed by atoms with Gasteiger partial charge in [0.1, 0.15) is 0 Å². The van der Waals surface area contributed by atoms with E-state index in [2.05, 4.69) is 0 Å². The third-order valence-electron chi connectivity index (χ3n) is 3.10. The van der Waals surface area contributed by atoms with Crippen molar-refractivity contribution >= 4 is 5.97 Å². The van der Waals surface area contributed by atoms with Gasteiger partial charge >= 0.3 is 5.97 Å². The maximum Gasteiger partial charge on any atom is 0.333 e. The number of methoxy groups -OCH3 is 1. The van der Waals surface area contributed by atoms with Crippen molar-refractivity contribution in [1.29, 1.82) is 0 Å². The Labute approximate surface area is 88.9 Å². The van der Waals surface area contributed by atoms with Gasteiger partial charge < -0.3 is 14.6 Å². The maximum atomic E-state index is 11.4. The number of hydrogen-bond donors (Lipinski definition) is 1. The maximum absolute atomic E-state index is 11.4. The van der Waals surface area contributed by atoms with Crippen molar-refractivity contribution in [1.82, 2.24) is 0 Å². The molecule has 0 amide bonds. The van der Waals surface area contributed by atoms with Crippen LogP contribution in [0, 0.1) is 11.8 Å². The van der Waals surface area contributed by atoms with Gasteiger partial charge in [0, 0.05) is 5.57 Å². The highest BCUT2D eigenvalue weighted by Crippen LogP contribution is 2.50. The molecule has 1 fully saturated rings. The van der Waals surface area contributed by atoms with Crippen LogP contribution in [0.2, 0.25) is 0 Å². The molecule has 3 atom stereocenters. The number of esters is 1. The molecule has 1 unspecified atom stereocenters. The van der Waals surface area contributed by atoms with Gasteiger partial charge in [-0.3, -0.25) is 0 Å². The van der Waals surface area contributed by atoms with E-state index < -0.39 is 0 Å². The Kier molecular flexibility index (Phi) is 3.07. The fourth-order valence-electron chi connectivity index (χ4n) is 2.22. The predicted octanol–water partition coefficient (Wildman–Crippen LogP) is 0.503. The summed E-state index contributed by atoms with van der Waals surface area (Å²) < 4.78 is 10.2. The average Bonchev–Trinajstić information content (AvgIpc) is 3.03. The molecule has 0 aliphatic heterocycles. The summed E-state index contributed by atoms with van der Waals surface area (Å²) in [4.78, 5) is 11.4. The van der Waals surface area contributed by atoms with Crippen LogP contribution in [0.15, 0.2) is 11.6 Å². The molecule has 0 aromatic carbocycles.